The van der Waals surface area contributed by atoms with Gasteiger partial charge in [-0.15, -0.1) is 0 Å². The second-order valence-corrected chi connectivity index (χ2v) is 15.6. The average Bonchev–Trinajstić information content (AvgIpc) is 3.66. The first-order valence-corrected chi connectivity index (χ1v) is 19.2. The summed E-state index contributed by atoms with van der Waals surface area (Å²) in [5.74, 6) is 1.43. The van der Waals surface area contributed by atoms with Gasteiger partial charge in [0.05, 0.1) is 18.0 Å². The fraction of sp³-hybridized carbons (Fsp3) is 0.462. The van der Waals surface area contributed by atoms with Crippen LogP contribution in [-0.4, -0.2) is 86.1 Å². The number of likely N-dealkylation sites (N-methyl/N-ethyl adjacent to an activating group) is 1. The van der Waals surface area contributed by atoms with Gasteiger partial charge in [-0.1, -0.05) is 36.4 Å². The smallest absolute Gasteiger partial charge is 0.318 e. The summed E-state index contributed by atoms with van der Waals surface area (Å²) in [6, 6.07) is 18.9. The fourth-order valence-electron chi connectivity index (χ4n) is 7.73. The molecule has 11 heteroatoms. The van der Waals surface area contributed by atoms with Gasteiger partial charge in [0, 0.05) is 44.1 Å². The summed E-state index contributed by atoms with van der Waals surface area (Å²) in [5, 5.41) is 0. The molecule has 0 N–H and O–H groups in total. The number of hydrogen-bond acceptors (Lipinski definition) is 9. The topological polar surface area (TPSA) is 101 Å². The monoisotopic (exact) mass is 698 g/mol. The molecule has 4 heterocycles. The molecule has 2 fully saturated rings. The summed E-state index contributed by atoms with van der Waals surface area (Å²) in [5.41, 5.74) is 3.48. The van der Waals surface area contributed by atoms with Crippen molar-refractivity contribution in [2.45, 2.75) is 68.7 Å². The van der Waals surface area contributed by atoms with E-state index >= 15 is 0 Å². The van der Waals surface area contributed by atoms with Crippen LogP contribution in [0, 0.1) is 13.8 Å². The van der Waals surface area contributed by atoms with E-state index in [1.54, 1.807) is 46.3 Å². The van der Waals surface area contributed by atoms with Gasteiger partial charge in [0.2, 0.25) is 10.0 Å². The van der Waals surface area contributed by atoms with Crippen molar-refractivity contribution in [3.05, 3.63) is 102 Å². The molecule has 1 unspecified atom stereocenters. The second-order valence-electron chi connectivity index (χ2n) is 13.7. The van der Waals surface area contributed by atoms with Crippen molar-refractivity contribution in [1.29, 1.82) is 0 Å². The summed E-state index contributed by atoms with van der Waals surface area (Å²) in [7, 11) is -0.729. The Labute approximate surface area is 297 Å². The Balaban J connectivity index is 1.16. The third-order valence-corrected chi connectivity index (χ3v) is 12.7. The molecule has 4 aromatic rings. The van der Waals surface area contributed by atoms with Crippen molar-refractivity contribution in [2.24, 2.45) is 0 Å². The fourth-order valence-corrected chi connectivity index (χ4v) is 9.47. The van der Waals surface area contributed by atoms with Crippen LogP contribution in [0.2, 0.25) is 0 Å². The normalized spacial score (nSPS) is 17.2. The van der Waals surface area contributed by atoms with Crippen LogP contribution in [0.5, 0.6) is 11.8 Å². The van der Waals surface area contributed by atoms with Gasteiger partial charge < -0.3 is 19.3 Å². The number of piperidine rings is 1. The van der Waals surface area contributed by atoms with Crippen LogP contribution in [0.15, 0.2) is 84.1 Å². The summed E-state index contributed by atoms with van der Waals surface area (Å²) >= 11 is 0. The van der Waals surface area contributed by atoms with E-state index in [9.17, 15) is 8.42 Å². The first-order chi connectivity index (χ1) is 24.2. The van der Waals surface area contributed by atoms with Crippen LogP contribution in [-0.2, 0) is 15.4 Å². The third-order valence-electron chi connectivity index (χ3n) is 10.6. The van der Waals surface area contributed by atoms with Gasteiger partial charge >= 0.3 is 6.01 Å². The number of hydrogen-bond donors (Lipinski definition) is 0. The number of aryl methyl sites for hydroxylation is 2. The van der Waals surface area contributed by atoms with Gasteiger partial charge in [0.15, 0.2) is 0 Å². The lowest BCUT2D eigenvalue weighted by molar-refractivity contribution is 0.209. The number of pyridine rings is 1. The van der Waals surface area contributed by atoms with Crippen molar-refractivity contribution in [1.82, 2.24) is 24.2 Å². The zero-order chi connectivity index (χ0) is 35.1. The quantitative estimate of drug-likeness (QED) is 0.149. The highest BCUT2D eigenvalue weighted by Gasteiger charge is 2.37. The van der Waals surface area contributed by atoms with E-state index in [0.717, 1.165) is 50.3 Å². The first kappa shape index (κ1) is 35.8. The van der Waals surface area contributed by atoms with E-state index in [1.807, 2.05) is 42.6 Å². The van der Waals surface area contributed by atoms with Crippen molar-refractivity contribution in [2.75, 3.05) is 58.4 Å². The van der Waals surface area contributed by atoms with Gasteiger partial charge in [-0.05, 0) is 119 Å². The van der Waals surface area contributed by atoms with E-state index in [4.69, 9.17) is 14.5 Å². The van der Waals surface area contributed by atoms with E-state index < -0.39 is 16.1 Å². The SMILES string of the molecule is COc1cc(C)c(S(=O)(=O)N(C)C(COc2nccc(N3CCC(CCCN4CCCC4)(c4cccnc4)CC3)n2)c2ccccc2)c(C)c1. The Hall–Kier alpha value is -4.06. The number of aromatic nitrogens is 3. The van der Waals surface area contributed by atoms with Crippen LogP contribution in [0.1, 0.15) is 66.8 Å². The predicted octanol–water partition coefficient (Wildman–Crippen LogP) is 6.35. The molecule has 0 bridgehead atoms. The maximum atomic E-state index is 14.1. The van der Waals surface area contributed by atoms with Gasteiger partial charge in [-0.25, -0.2) is 13.4 Å². The molecule has 10 nitrogen and oxygen atoms in total. The first-order valence-electron chi connectivity index (χ1n) is 17.7. The molecule has 0 spiro atoms. The van der Waals surface area contributed by atoms with E-state index in [1.165, 1.54) is 42.2 Å². The van der Waals surface area contributed by atoms with Gasteiger partial charge in [-0.2, -0.15) is 9.29 Å². The maximum absolute atomic E-state index is 14.1. The van der Waals surface area contributed by atoms with Crippen LogP contribution in [0.4, 0.5) is 5.82 Å². The van der Waals surface area contributed by atoms with Crippen molar-refractivity contribution in [3.8, 4) is 11.8 Å². The summed E-state index contributed by atoms with van der Waals surface area (Å²) in [6.45, 7) is 8.97. The number of sulfonamides is 1. The number of likely N-dealkylation sites (tertiary alicyclic amines) is 1. The average molecular weight is 699 g/mol. The van der Waals surface area contributed by atoms with Crippen molar-refractivity contribution in [3.63, 3.8) is 0 Å². The van der Waals surface area contributed by atoms with Gasteiger partial charge in [-0.3, -0.25) is 4.98 Å². The standard InChI is InChI=1S/C39H50N6O4S/c1-30-26-34(48-4)27-31(2)37(30)50(46,47)43(3)35(32-12-6-5-7-13-32)29-49-38-41-20-15-36(42-38)45-24-17-39(18-25-45,33-14-10-19-40-28-33)16-11-23-44-21-8-9-22-44/h5-7,10,12-15,19-20,26-28,35H,8-9,11,16-18,21-25,29H2,1-4H3. The molecular weight excluding hydrogens is 649 g/mol. The number of ether oxygens (including phenoxy) is 2. The molecule has 2 aromatic heterocycles. The Kier molecular flexibility index (Phi) is 11.3. The Bertz CT molecular complexity index is 1790. The predicted molar refractivity (Wildman–Crippen MR) is 196 cm³/mol. The highest BCUT2D eigenvalue weighted by atomic mass is 32.2. The van der Waals surface area contributed by atoms with Crippen LogP contribution >= 0.6 is 0 Å². The largest absolute Gasteiger partial charge is 0.497 e. The van der Waals surface area contributed by atoms with Crippen molar-refractivity contribution >= 4 is 15.8 Å². The van der Waals surface area contributed by atoms with Gasteiger partial charge in [0.25, 0.3) is 0 Å². The summed E-state index contributed by atoms with van der Waals surface area (Å²) < 4.78 is 41.3. The molecule has 2 aromatic carbocycles. The zero-order valence-electron chi connectivity index (χ0n) is 29.8. The number of nitrogens with zero attached hydrogens (tertiary/aromatic N) is 6. The zero-order valence-corrected chi connectivity index (χ0v) is 30.6. The lowest BCUT2D eigenvalue weighted by Crippen LogP contribution is -2.43. The van der Waals surface area contributed by atoms with Crippen molar-refractivity contribution < 1.29 is 17.9 Å². The Morgan fingerprint density at radius 2 is 1.66 bits per heavy atom. The summed E-state index contributed by atoms with van der Waals surface area (Å²) in [4.78, 5) is 18.9. The Morgan fingerprint density at radius 3 is 2.32 bits per heavy atom. The molecule has 0 radical (unpaired) electrons. The molecule has 2 saturated heterocycles. The Morgan fingerprint density at radius 1 is 0.940 bits per heavy atom. The van der Waals surface area contributed by atoms with Crippen LogP contribution < -0.4 is 14.4 Å². The summed E-state index contributed by atoms with van der Waals surface area (Å²) in [6.07, 6.45) is 12.6. The minimum atomic E-state index is -3.91. The molecule has 1 atom stereocenters. The number of rotatable bonds is 14. The highest BCUT2D eigenvalue weighted by Crippen LogP contribution is 2.40. The van der Waals surface area contributed by atoms with E-state index in [-0.39, 0.29) is 22.9 Å². The maximum Gasteiger partial charge on any atom is 0.318 e. The van der Waals surface area contributed by atoms with Crippen LogP contribution in [0.25, 0.3) is 0 Å². The van der Waals surface area contributed by atoms with Gasteiger partial charge in [0.1, 0.15) is 18.2 Å². The molecular formula is C39H50N6O4S. The molecule has 2 aliphatic heterocycles. The van der Waals surface area contributed by atoms with E-state index in [0.29, 0.717) is 16.9 Å². The highest BCUT2D eigenvalue weighted by molar-refractivity contribution is 7.89. The second kappa shape index (κ2) is 15.9. The molecule has 0 amide bonds. The minimum absolute atomic E-state index is 0.0403. The lowest BCUT2D eigenvalue weighted by atomic mass is 9.70. The van der Waals surface area contributed by atoms with Crippen LogP contribution in [0.3, 0.4) is 0 Å². The lowest BCUT2D eigenvalue weighted by Gasteiger charge is -2.43. The number of benzene rings is 2. The number of anilines is 1. The molecule has 0 aliphatic carbocycles. The number of methoxy groups -OCH3 is 1. The van der Waals surface area contributed by atoms with E-state index in [2.05, 4.69) is 38.1 Å². The minimum Gasteiger partial charge on any atom is -0.497 e. The molecule has 50 heavy (non-hydrogen) atoms. The molecule has 6 rings (SSSR count). The third kappa shape index (κ3) is 7.95. The molecule has 0 saturated carbocycles. The molecule has 2 aliphatic rings. The molecule has 266 valence electrons.